The van der Waals surface area contributed by atoms with Gasteiger partial charge in [-0.3, -0.25) is 0 Å². The van der Waals surface area contributed by atoms with E-state index >= 15 is 0 Å². The van der Waals surface area contributed by atoms with Crippen LogP contribution in [-0.4, -0.2) is 4.98 Å². The van der Waals surface area contributed by atoms with Gasteiger partial charge < -0.3 is 4.74 Å². The topological polar surface area (TPSA) is 22.1 Å². The molecule has 0 aliphatic heterocycles. The van der Waals surface area contributed by atoms with Crippen LogP contribution in [0.15, 0.2) is 42.6 Å². The molecule has 0 spiro atoms. The zero-order valence-corrected chi connectivity index (χ0v) is 11.3. The van der Waals surface area contributed by atoms with Gasteiger partial charge in [0.2, 0.25) is 5.88 Å². The Morgan fingerprint density at radius 3 is 2.56 bits per heavy atom. The van der Waals surface area contributed by atoms with Crippen LogP contribution in [0.2, 0.25) is 5.02 Å². The normalized spacial score (nSPS) is 10.7. The Balaban J connectivity index is 2.01. The number of pyridine rings is 1. The molecule has 94 valence electrons. The SMILES string of the molecule is CC(C)c1ccnc(OCc2ccc(Cl)cc2)c1. The number of ether oxygens (including phenoxy) is 1. The quantitative estimate of drug-likeness (QED) is 0.812. The van der Waals surface area contributed by atoms with Crippen LogP contribution >= 0.6 is 11.6 Å². The Labute approximate surface area is 113 Å². The second-order valence-electron chi connectivity index (χ2n) is 4.50. The second kappa shape index (κ2) is 5.87. The van der Waals surface area contributed by atoms with E-state index in [2.05, 4.69) is 18.8 Å². The molecule has 1 aromatic heterocycles. The van der Waals surface area contributed by atoms with E-state index in [1.54, 1.807) is 6.20 Å². The molecule has 0 unspecified atom stereocenters. The molecule has 2 nitrogen and oxygen atoms in total. The molecule has 0 radical (unpaired) electrons. The molecule has 0 saturated heterocycles. The summed E-state index contributed by atoms with van der Waals surface area (Å²) in [6, 6.07) is 11.6. The van der Waals surface area contributed by atoms with Crippen molar-refractivity contribution >= 4 is 11.6 Å². The molecule has 3 heteroatoms. The number of nitrogens with zero attached hydrogens (tertiary/aromatic N) is 1. The van der Waals surface area contributed by atoms with Crippen molar-refractivity contribution in [3.8, 4) is 5.88 Å². The van der Waals surface area contributed by atoms with Gasteiger partial charge in [-0.05, 0) is 35.2 Å². The van der Waals surface area contributed by atoms with Crippen molar-refractivity contribution in [2.24, 2.45) is 0 Å². The van der Waals surface area contributed by atoms with Gasteiger partial charge in [0.1, 0.15) is 6.61 Å². The van der Waals surface area contributed by atoms with Crippen LogP contribution < -0.4 is 4.74 Å². The van der Waals surface area contributed by atoms with E-state index in [0.717, 1.165) is 10.6 Å². The van der Waals surface area contributed by atoms with Gasteiger partial charge in [-0.25, -0.2) is 4.98 Å². The summed E-state index contributed by atoms with van der Waals surface area (Å²) in [5.74, 6) is 1.14. The van der Waals surface area contributed by atoms with E-state index in [1.165, 1.54) is 5.56 Å². The van der Waals surface area contributed by atoms with Crippen LogP contribution in [0.3, 0.4) is 0 Å². The van der Waals surface area contributed by atoms with Gasteiger partial charge >= 0.3 is 0 Å². The molecule has 1 heterocycles. The van der Waals surface area contributed by atoms with Crippen molar-refractivity contribution in [2.75, 3.05) is 0 Å². The van der Waals surface area contributed by atoms with E-state index < -0.39 is 0 Å². The fourth-order valence-electron chi connectivity index (χ4n) is 1.60. The number of rotatable bonds is 4. The first-order valence-corrected chi connectivity index (χ1v) is 6.36. The maximum Gasteiger partial charge on any atom is 0.213 e. The lowest BCUT2D eigenvalue weighted by molar-refractivity contribution is 0.293. The summed E-state index contributed by atoms with van der Waals surface area (Å²) in [6.07, 6.45) is 1.78. The molecule has 2 aromatic rings. The summed E-state index contributed by atoms with van der Waals surface area (Å²) in [6.45, 7) is 4.81. The number of aromatic nitrogens is 1. The maximum atomic E-state index is 5.83. The predicted molar refractivity (Wildman–Crippen MR) is 74.1 cm³/mol. The average molecular weight is 262 g/mol. The van der Waals surface area contributed by atoms with Crippen molar-refractivity contribution in [1.82, 2.24) is 4.98 Å². The van der Waals surface area contributed by atoms with Crippen molar-refractivity contribution in [1.29, 1.82) is 0 Å². The van der Waals surface area contributed by atoms with E-state index in [1.807, 2.05) is 36.4 Å². The molecule has 2 rings (SSSR count). The molecule has 0 saturated carbocycles. The highest BCUT2D eigenvalue weighted by molar-refractivity contribution is 6.30. The number of hydrogen-bond donors (Lipinski definition) is 0. The summed E-state index contributed by atoms with van der Waals surface area (Å²) >= 11 is 5.83. The summed E-state index contributed by atoms with van der Waals surface area (Å²) in [7, 11) is 0. The minimum Gasteiger partial charge on any atom is -0.473 e. The van der Waals surface area contributed by atoms with Gasteiger partial charge in [-0.2, -0.15) is 0 Å². The summed E-state index contributed by atoms with van der Waals surface area (Å²) in [4.78, 5) is 4.21. The number of benzene rings is 1. The Morgan fingerprint density at radius 2 is 1.89 bits per heavy atom. The zero-order valence-electron chi connectivity index (χ0n) is 10.6. The van der Waals surface area contributed by atoms with Crippen molar-refractivity contribution in [3.05, 3.63) is 58.7 Å². The van der Waals surface area contributed by atoms with Crippen molar-refractivity contribution in [2.45, 2.75) is 26.4 Å². The van der Waals surface area contributed by atoms with E-state index in [9.17, 15) is 0 Å². The highest BCUT2D eigenvalue weighted by Gasteiger charge is 2.02. The van der Waals surface area contributed by atoms with Crippen LogP contribution in [0.25, 0.3) is 0 Å². The first-order valence-electron chi connectivity index (χ1n) is 5.98. The molecule has 0 amide bonds. The maximum absolute atomic E-state index is 5.83. The molecular weight excluding hydrogens is 246 g/mol. The van der Waals surface area contributed by atoms with E-state index in [-0.39, 0.29) is 0 Å². The smallest absolute Gasteiger partial charge is 0.213 e. The fourth-order valence-corrected chi connectivity index (χ4v) is 1.73. The largest absolute Gasteiger partial charge is 0.473 e. The zero-order chi connectivity index (χ0) is 13.0. The predicted octanol–water partition coefficient (Wildman–Crippen LogP) is 4.44. The first-order chi connectivity index (χ1) is 8.65. The van der Waals surface area contributed by atoms with E-state index in [0.29, 0.717) is 18.4 Å². The summed E-state index contributed by atoms with van der Waals surface area (Å²) in [5.41, 5.74) is 2.31. The monoisotopic (exact) mass is 261 g/mol. The highest BCUT2D eigenvalue weighted by Crippen LogP contribution is 2.18. The molecule has 18 heavy (non-hydrogen) atoms. The lowest BCUT2D eigenvalue weighted by Crippen LogP contribution is -1.98. The van der Waals surface area contributed by atoms with E-state index in [4.69, 9.17) is 16.3 Å². The third-order valence-electron chi connectivity index (χ3n) is 2.73. The average Bonchev–Trinajstić information content (AvgIpc) is 2.38. The molecule has 0 aliphatic rings. The van der Waals surface area contributed by atoms with Gasteiger partial charge in [0, 0.05) is 17.3 Å². The molecule has 0 N–H and O–H groups in total. The summed E-state index contributed by atoms with van der Waals surface area (Å²) < 4.78 is 5.67. The Kier molecular flexibility index (Phi) is 4.21. The van der Waals surface area contributed by atoms with Gasteiger partial charge in [0.15, 0.2) is 0 Å². The molecule has 0 bridgehead atoms. The van der Waals surface area contributed by atoms with Gasteiger partial charge in [-0.15, -0.1) is 0 Å². The van der Waals surface area contributed by atoms with Gasteiger partial charge in [0.05, 0.1) is 0 Å². The number of hydrogen-bond acceptors (Lipinski definition) is 2. The first kappa shape index (κ1) is 12.9. The van der Waals surface area contributed by atoms with Crippen LogP contribution in [0.4, 0.5) is 0 Å². The third-order valence-corrected chi connectivity index (χ3v) is 2.98. The van der Waals surface area contributed by atoms with Crippen LogP contribution in [-0.2, 0) is 6.61 Å². The standard InChI is InChI=1S/C15H16ClNO/c1-11(2)13-7-8-17-15(9-13)18-10-12-3-5-14(16)6-4-12/h3-9,11H,10H2,1-2H3. The van der Waals surface area contributed by atoms with Gasteiger partial charge in [-0.1, -0.05) is 37.6 Å². The fraction of sp³-hybridized carbons (Fsp3) is 0.267. The highest BCUT2D eigenvalue weighted by atomic mass is 35.5. The van der Waals surface area contributed by atoms with Gasteiger partial charge in [0.25, 0.3) is 0 Å². The Morgan fingerprint density at radius 1 is 1.17 bits per heavy atom. The van der Waals surface area contributed by atoms with Crippen molar-refractivity contribution in [3.63, 3.8) is 0 Å². The Hall–Kier alpha value is -1.54. The molecule has 0 atom stereocenters. The van der Waals surface area contributed by atoms with Crippen molar-refractivity contribution < 1.29 is 4.74 Å². The molecular formula is C15H16ClNO. The van der Waals surface area contributed by atoms with Crippen LogP contribution in [0.5, 0.6) is 5.88 Å². The minimum absolute atomic E-state index is 0.478. The molecule has 1 aromatic carbocycles. The Bertz CT molecular complexity index is 508. The molecule has 0 fully saturated rings. The lowest BCUT2D eigenvalue weighted by atomic mass is 10.1. The lowest BCUT2D eigenvalue weighted by Gasteiger charge is -2.09. The number of halogens is 1. The third kappa shape index (κ3) is 3.47. The molecule has 0 aliphatic carbocycles. The van der Waals surface area contributed by atoms with Crippen LogP contribution in [0.1, 0.15) is 30.9 Å². The second-order valence-corrected chi connectivity index (χ2v) is 4.93. The summed E-state index contributed by atoms with van der Waals surface area (Å²) in [5, 5.41) is 0.735. The van der Waals surface area contributed by atoms with Crippen LogP contribution in [0, 0.1) is 0 Å². The minimum atomic E-state index is 0.478.